The number of likely N-dealkylation sites (N-methyl/N-ethyl adjacent to an activating group) is 1. The Kier molecular flexibility index (Phi) is 6.48. The summed E-state index contributed by atoms with van der Waals surface area (Å²) in [5, 5.41) is 0. The number of alkyl halides is 3. The normalized spacial score (nSPS) is 17.0. The van der Waals surface area contributed by atoms with Crippen LogP contribution in [-0.2, 0) is 11.0 Å². The van der Waals surface area contributed by atoms with Crippen LogP contribution >= 0.6 is 0 Å². The predicted octanol–water partition coefficient (Wildman–Crippen LogP) is 5.01. The van der Waals surface area contributed by atoms with Crippen molar-refractivity contribution < 1.29 is 22.8 Å². The van der Waals surface area contributed by atoms with E-state index >= 15 is 0 Å². The molecule has 1 amide bonds. The molecule has 0 radical (unpaired) electrons. The minimum atomic E-state index is -4.62. The van der Waals surface area contributed by atoms with Crippen LogP contribution in [0, 0.1) is 12.8 Å². The SMILES string of the molecule is CC(=O)C(CC1CCCCC1)N(C)C(=O)c1c(C)cccc1C(F)(F)F. The van der Waals surface area contributed by atoms with Crippen LogP contribution in [-0.4, -0.2) is 29.7 Å². The molecule has 0 saturated heterocycles. The number of hydrogen-bond donors (Lipinski definition) is 0. The van der Waals surface area contributed by atoms with Crippen molar-refractivity contribution >= 4 is 11.7 Å². The van der Waals surface area contributed by atoms with Crippen molar-refractivity contribution in [1.82, 2.24) is 4.90 Å². The van der Waals surface area contributed by atoms with Gasteiger partial charge in [-0.25, -0.2) is 0 Å². The topological polar surface area (TPSA) is 37.4 Å². The van der Waals surface area contributed by atoms with E-state index in [2.05, 4.69) is 0 Å². The Balaban J connectivity index is 2.30. The fourth-order valence-corrected chi connectivity index (χ4v) is 3.84. The summed E-state index contributed by atoms with van der Waals surface area (Å²) in [6, 6.07) is 3.00. The zero-order chi connectivity index (χ0) is 19.5. The van der Waals surface area contributed by atoms with Gasteiger partial charge in [0.2, 0.25) is 0 Å². The number of halogens is 3. The van der Waals surface area contributed by atoms with Gasteiger partial charge in [-0.05, 0) is 37.8 Å². The molecule has 6 heteroatoms. The Morgan fingerprint density at radius 2 is 1.81 bits per heavy atom. The van der Waals surface area contributed by atoms with E-state index in [-0.39, 0.29) is 16.9 Å². The fraction of sp³-hybridized carbons (Fsp3) is 0.600. The molecule has 1 saturated carbocycles. The third-order valence-electron chi connectivity index (χ3n) is 5.33. The van der Waals surface area contributed by atoms with Gasteiger partial charge in [0, 0.05) is 7.05 Å². The summed E-state index contributed by atoms with van der Waals surface area (Å²) in [4.78, 5) is 26.2. The maximum absolute atomic E-state index is 13.3. The van der Waals surface area contributed by atoms with E-state index in [1.807, 2.05) is 0 Å². The van der Waals surface area contributed by atoms with Crippen LogP contribution in [0.3, 0.4) is 0 Å². The van der Waals surface area contributed by atoms with Gasteiger partial charge in [0.15, 0.2) is 5.78 Å². The molecule has 1 atom stereocenters. The van der Waals surface area contributed by atoms with Crippen LogP contribution in [0.15, 0.2) is 18.2 Å². The highest BCUT2D eigenvalue weighted by molar-refractivity contribution is 5.99. The molecule has 1 unspecified atom stereocenters. The van der Waals surface area contributed by atoms with Gasteiger partial charge < -0.3 is 4.90 Å². The molecule has 1 aliphatic carbocycles. The molecule has 1 aromatic rings. The third-order valence-corrected chi connectivity index (χ3v) is 5.33. The van der Waals surface area contributed by atoms with E-state index in [1.165, 1.54) is 44.3 Å². The molecule has 1 aliphatic rings. The van der Waals surface area contributed by atoms with E-state index in [0.29, 0.717) is 12.3 Å². The van der Waals surface area contributed by atoms with Crippen LogP contribution in [0.4, 0.5) is 13.2 Å². The van der Waals surface area contributed by atoms with Crippen molar-refractivity contribution in [3.05, 3.63) is 34.9 Å². The second-order valence-electron chi connectivity index (χ2n) is 7.28. The maximum Gasteiger partial charge on any atom is 0.417 e. The first-order valence-electron chi connectivity index (χ1n) is 9.07. The summed E-state index contributed by atoms with van der Waals surface area (Å²) in [6.45, 7) is 2.89. The number of benzene rings is 1. The molecule has 0 bridgehead atoms. The molecular weight excluding hydrogens is 343 g/mol. The number of hydrogen-bond acceptors (Lipinski definition) is 2. The highest BCUT2D eigenvalue weighted by Crippen LogP contribution is 2.35. The number of Topliss-reactive ketones (excluding diaryl/α,β-unsaturated/α-hetero) is 1. The zero-order valence-corrected chi connectivity index (χ0v) is 15.5. The summed E-state index contributed by atoms with van der Waals surface area (Å²) < 4.78 is 40.0. The Bertz CT molecular complexity index is 664. The van der Waals surface area contributed by atoms with Gasteiger partial charge in [-0.3, -0.25) is 9.59 Å². The lowest BCUT2D eigenvalue weighted by Crippen LogP contribution is -2.43. The van der Waals surface area contributed by atoms with Gasteiger partial charge in [0.25, 0.3) is 5.91 Å². The number of rotatable bonds is 5. The number of carbonyl (C=O) groups excluding carboxylic acids is 2. The molecular formula is C20H26F3NO2. The molecule has 144 valence electrons. The number of amides is 1. The molecule has 0 aliphatic heterocycles. The van der Waals surface area contributed by atoms with Gasteiger partial charge in [-0.15, -0.1) is 0 Å². The summed E-state index contributed by atoms with van der Waals surface area (Å²) >= 11 is 0. The highest BCUT2D eigenvalue weighted by atomic mass is 19.4. The van der Waals surface area contributed by atoms with Crippen molar-refractivity contribution in [2.24, 2.45) is 5.92 Å². The Hall–Kier alpha value is -1.85. The smallest absolute Gasteiger partial charge is 0.332 e. The number of nitrogens with zero attached hydrogens (tertiary/aromatic N) is 1. The van der Waals surface area contributed by atoms with E-state index in [0.717, 1.165) is 31.7 Å². The first-order chi connectivity index (χ1) is 12.1. The van der Waals surface area contributed by atoms with Gasteiger partial charge >= 0.3 is 6.18 Å². The van der Waals surface area contributed by atoms with Gasteiger partial charge in [-0.1, -0.05) is 44.2 Å². The van der Waals surface area contributed by atoms with E-state index in [1.54, 1.807) is 0 Å². The van der Waals surface area contributed by atoms with Gasteiger partial charge in [-0.2, -0.15) is 13.2 Å². The number of aryl methyl sites for hydroxylation is 1. The quantitative estimate of drug-likeness (QED) is 0.731. The molecule has 0 N–H and O–H groups in total. The van der Waals surface area contributed by atoms with Gasteiger partial charge in [0.05, 0.1) is 17.2 Å². The number of ketones is 1. The lowest BCUT2D eigenvalue weighted by molar-refractivity contribution is -0.138. The van der Waals surface area contributed by atoms with Crippen LogP contribution < -0.4 is 0 Å². The summed E-state index contributed by atoms with van der Waals surface area (Å²) in [5.41, 5.74) is -1.05. The molecule has 0 spiro atoms. The van der Waals surface area contributed by atoms with Crippen molar-refractivity contribution in [3.8, 4) is 0 Å². The van der Waals surface area contributed by atoms with E-state index in [9.17, 15) is 22.8 Å². The fourth-order valence-electron chi connectivity index (χ4n) is 3.84. The molecule has 1 fully saturated rings. The standard InChI is InChI=1S/C20H26F3NO2/c1-13-8-7-11-16(20(21,22)23)18(13)19(26)24(3)17(14(2)25)12-15-9-5-4-6-10-15/h7-8,11,15,17H,4-6,9-10,12H2,1-3H3. The van der Waals surface area contributed by atoms with E-state index in [4.69, 9.17) is 0 Å². The van der Waals surface area contributed by atoms with Crippen LogP contribution in [0.1, 0.15) is 66.9 Å². The van der Waals surface area contributed by atoms with Gasteiger partial charge in [0.1, 0.15) is 0 Å². The Labute approximate surface area is 152 Å². The largest absolute Gasteiger partial charge is 0.417 e. The van der Waals surface area contributed by atoms with Crippen LogP contribution in [0.25, 0.3) is 0 Å². The van der Waals surface area contributed by atoms with Crippen molar-refractivity contribution in [1.29, 1.82) is 0 Å². The second kappa shape index (κ2) is 8.23. The van der Waals surface area contributed by atoms with Crippen molar-refractivity contribution in [2.75, 3.05) is 7.05 Å². The average molecular weight is 369 g/mol. The maximum atomic E-state index is 13.3. The molecule has 0 heterocycles. The summed E-state index contributed by atoms with van der Waals surface area (Å²) in [7, 11) is 1.43. The highest BCUT2D eigenvalue weighted by Gasteiger charge is 2.38. The molecule has 26 heavy (non-hydrogen) atoms. The summed E-state index contributed by atoms with van der Waals surface area (Å²) in [6.07, 6.45) is 1.28. The molecule has 0 aromatic heterocycles. The number of carbonyl (C=O) groups is 2. The average Bonchev–Trinajstić information content (AvgIpc) is 2.58. The lowest BCUT2D eigenvalue weighted by Gasteiger charge is -2.32. The lowest BCUT2D eigenvalue weighted by atomic mass is 9.83. The Morgan fingerprint density at radius 3 is 2.35 bits per heavy atom. The van der Waals surface area contributed by atoms with Crippen LogP contribution in [0.5, 0.6) is 0 Å². The molecule has 2 rings (SSSR count). The minimum absolute atomic E-state index is 0.187. The van der Waals surface area contributed by atoms with Crippen molar-refractivity contribution in [3.63, 3.8) is 0 Å². The van der Waals surface area contributed by atoms with Crippen LogP contribution in [0.2, 0.25) is 0 Å². The first kappa shape index (κ1) is 20.5. The monoisotopic (exact) mass is 369 g/mol. The van der Waals surface area contributed by atoms with E-state index < -0.39 is 23.7 Å². The molecule has 1 aromatic carbocycles. The predicted molar refractivity (Wildman–Crippen MR) is 93.9 cm³/mol. The van der Waals surface area contributed by atoms with Crippen molar-refractivity contribution in [2.45, 2.75) is 64.6 Å². The molecule has 3 nitrogen and oxygen atoms in total. The third kappa shape index (κ3) is 4.65. The first-order valence-corrected chi connectivity index (χ1v) is 9.07. The Morgan fingerprint density at radius 1 is 1.19 bits per heavy atom. The zero-order valence-electron chi connectivity index (χ0n) is 15.5. The summed E-state index contributed by atoms with van der Waals surface area (Å²) in [5.74, 6) is -0.591. The second-order valence-corrected chi connectivity index (χ2v) is 7.28. The minimum Gasteiger partial charge on any atom is -0.332 e.